The number of methoxy groups -OCH3 is 1. The minimum Gasteiger partial charge on any atom is -0.507 e. The Balaban J connectivity index is 2.92. The second-order valence-electron chi connectivity index (χ2n) is 2.91. The Morgan fingerprint density at radius 3 is 3.00 bits per heavy atom. The van der Waals surface area contributed by atoms with Gasteiger partial charge in [-0.15, -0.1) is 0 Å². The Morgan fingerprint density at radius 1 is 1.65 bits per heavy atom. The molecule has 1 aromatic rings. The standard InChI is InChI=1S/C11H9N3O3/c1-17-11(16)9-5-4-8(10(15)7-9)3-2-6-13-14-12/h4-5,7,15H,6H2,1H3. The topological polar surface area (TPSA) is 95.3 Å². The van der Waals surface area contributed by atoms with E-state index in [0.717, 1.165) is 0 Å². The van der Waals surface area contributed by atoms with E-state index < -0.39 is 5.97 Å². The van der Waals surface area contributed by atoms with E-state index in [4.69, 9.17) is 5.53 Å². The van der Waals surface area contributed by atoms with Gasteiger partial charge in [0.25, 0.3) is 0 Å². The van der Waals surface area contributed by atoms with Crippen LogP contribution in [0.25, 0.3) is 10.4 Å². The molecule has 0 aliphatic heterocycles. The fourth-order valence-electron chi connectivity index (χ4n) is 1.08. The van der Waals surface area contributed by atoms with E-state index >= 15 is 0 Å². The minimum atomic E-state index is -0.533. The normalized spacial score (nSPS) is 8.53. The van der Waals surface area contributed by atoms with Crippen LogP contribution in [0.2, 0.25) is 0 Å². The number of aromatic hydroxyl groups is 1. The van der Waals surface area contributed by atoms with Crippen LogP contribution in [0.3, 0.4) is 0 Å². The van der Waals surface area contributed by atoms with Crippen molar-refractivity contribution in [3.05, 3.63) is 39.8 Å². The number of ether oxygens (including phenoxy) is 1. The number of hydrogen-bond acceptors (Lipinski definition) is 4. The molecule has 0 amide bonds. The largest absolute Gasteiger partial charge is 0.507 e. The van der Waals surface area contributed by atoms with Gasteiger partial charge in [0.1, 0.15) is 5.75 Å². The number of esters is 1. The number of carbonyl (C=O) groups is 1. The van der Waals surface area contributed by atoms with Gasteiger partial charge in [0, 0.05) is 4.91 Å². The zero-order valence-corrected chi connectivity index (χ0v) is 9.04. The van der Waals surface area contributed by atoms with Crippen LogP contribution in [0, 0.1) is 11.8 Å². The molecule has 17 heavy (non-hydrogen) atoms. The first-order valence-electron chi connectivity index (χ1n) is 4.60. The molecule has 86 valence electrons. The zero-order valence-electron chi connectivity index (χ0n) is 9.04. The molecular formula is C11H9N3O3. The SMILES string of the molecule is COC(=O)c1ccc(C#CCN=[N+]=[N-])c(O)c1. The summed E-state index contributed by atoms with van der Waals surface area (Å²) in [5.41, 5.74) is 8.63. The molecular weight excluding hydrogens is 222 g/mol. The highest BCUT2D eigenvalue weighted by Crippen LogP contribution is 2.18. The molecule has 0 fully saturated rings. The molecule has 0 atom stereocenters. The Morgan fingerprint density at radius 2 is 2.41 bits per heavy atom. The van der Waals surface area contributed by atoms with E-state index in [-0.39, 0.29) is 17.9 Å². The second kappa shape index (κ2) is 6.05. The van der Waals surface area contributed by atoms with Gasteiger partial charge in [-0.1, -0.05) is 17.0 Å². The van der Waals surface area contributed by atoms with Gasteiger partial charge >= 0.3 is 5.97 Å². The first-order chi connectivity index (χ1) is 8.19. The highest BCUT2D eigenvalue weighted by Gasteiger charge is 2.07. The van der Waals surface area contributed by atoms with E-state index in [1.807, 2.05) is 0 Å². The van der Waals surface area contributed by atoms with E-state index in [0.29, 0.717) is 5.56 Å². The number of rotatable bonds is 2. The number of phenolic OH excluding ortho intramolecular Hbond substituents is 1. The van der Waals surface area contributed by atoms with E-state index in [2.05, 4.69) is 26.6 Å². The van der Waals surface area contributed by atoms with E-state index in [1.165, 1.54) is 25.3 Å². The van der Waals surface area contributed by atoms with Crippen LogP contribution in [-0.4, -0.2) is 24.7 Å². The first-order valence-corrected chi connectivity index (χ1v) is 4.60. The van der Waals surface area contributed by atoms with E-state index in [9.17, 15) is 9.90 Å². The van der Waals surface area contributed by atoms with Gasteiger partial charge in [0.2, 0.25) is 0 Å². The lowest BCUT2D eigenvalue weighted by molar-refractivity contribution is 0.0600. The smallest absolute Gasteiger partial charge is 0.337 e. The molecule has 0 heterocycles. The molecule has 0 saturated carbocycles. The molecule has 0 aliphatic rings. The van der Waals surface area contributed by atoms with Gasteiger partial charge in [-0.05, 0) is 23.7 Å². The molecule has 1 aromatic carbocycles. The Bertz CT molecular complexity index is 537. The summed E-state index contributed by atoms with van der Waals surface area (Å²) in [7, 11) is 1.26. The molecule has 6 heteroatoms. The number of nitrogens with zero attached hydrogens (tertiary/aromatic N) is 3. The van der Waals surface area contributed by atoms with Gasteiger partial charge < -0.3 is 9.84 Å². The third-order valence-corrected chi connectivity index (χ3v) is 1.85. The van der Waals surface area contributed by atoms with Gasteiger partial charge in [-0.3, -0.25) is 0 Å². The molecule has 0 unspecified atom stereocenters. The molecule has 0 spiro atoms. The second-order valence-corrected chi connectivity index (χ2v) is 2.91. The van der Waals surface area contributed by atoms with Crippen LogP contribution < -0.4 is 0 Å². The molecule has 0 aliphatic carbocycles. The molecule has 1 rings (SSSR count). The van der Waals surface area contributed by atoms with Crippen LogP contribution in [0.5, 0.6) is 5.75 Å². The Labute approximate surface area is 97.5 Å². The molecule has 0 saturated heterocycles. The summed E-state index contributed by atoms with van der Waals surface area (Å²) < 4.78 is 4.50. The van der Waals surface area contributed by atoms with Crippen molar-refractivity contribution in [1.29, 1.82) is 0 Å². The van der Waals surface area contributed by atoms with Gasteiger partial charge in [-0.2, -0.15) is 0 Å². The van der Waals surface area contributed by atoms with Crippen LogP contribution in [-0.2, 0) is 4.74 Å². The predicted octanol–water partition coefficient (Wildman–Crippen LogP) is 1.84. The number of azide groups is 1. The zero-order chi connectivity index (χ0) is 12.7. The first kappa shape index (κ1) is 12.4. The van der Waals surface area contributed by atoms with Gasteiger partial charge in [-0.25, -0.2) is 4.79 Å². The lowest BCUT2D eigenvalue weighted by Gasteiger charge is -2.01. The number of phenols is 1. The Kier molecular flexibility index (Phi) is 4.43. The summed E-state index contributed by atoms with van der Waals surface area (Å²) in [6.07, 6.45) is 0. The fraction of sp³-hybridized carbons (Fsp3) is 0.182. The fourth-order valence-corrected chi connectivity index (χ4v) is 1.08. The summed E-state index contributed by atoms with van der Waals surface area (Å²) in [5, 5.41) is 12.8. The molecule has 0 aromatic heterocycles. The number of benzene rings is 1. The summed E-state index contributed by atoms with van der Waals surface area (Å²) >= 11 is 0. The van der Waals surface area contributed by atoms with Crippen LogP contribution >= 0.6 is 0 Å². The van der Waals surface area contributed by atoms with Crippen LogP contribution in [0.1, 0.15) is 15.9 Å². The number of hydrogen-bond donors (Lipinski definition) is 1. The maximum absolute atomic E-state index is 11.2. The third kappa shape index (κ3) is 3.45. The predicted molar refractivity (Wildman–Crippen MR) is 60.3 cm³/mol. The van der Waals surface area contributed by atoms with Crippen molar-refractivity contribution in [1.82, 2.24) is 0 Å². The average molecular weight is 231 g/mol. The quantitative estimate of drug-likeness (QED) is 0.276. The molecule has 0 bridgehead atoms. The maximum atomic E-state index is 11.2. The van der Waals surface area contributed by atoms with Crippen LogP contribution in [0.4, 0.5) is 0 Å². The lowest BCUT2D eigenvalue weighted by Crippen LogP contribution is -2.00. The summed E-state index contributed by atoms with van der Waals surface area (Å²) in [6.45, 7) is 0.0225. The summed E-state index contributed by atoms with van der Waals surface area (Å²) in [5.74, 6) is 4.52. The van der Waals surface area contributed by atoms with Crippen molar-refractivity contribution in [3.8, 4) is 17.6 Å². The van der Waals surface area contributed by atoms with Crippen molar-refractivity contribution in [2.45, 2.75) is 0 Å². The molecule has 0 radical (unpaired) electrons. The van der Waals surface area contributed by atoms with Gasteiger partial charge in [0.15, 0.2) is 0 Å². The van der Waals surface area contributed by atoms with Crippen molar-refractivity contribution in [3.63, 3.8) is 0 Å². The van der Waals surface area contributed by atoms with Crippen molar-refractivity contribution < 1.29 is 14.6 Å². The third-order valence-electron chi connectivity index (χ3n) is 1.85. The monoisotopic (exact) mass is 231 g/mol. The van der Waals surface area contributed by atoms with Crippen LogP contribution in [0.15, 0.2) is 23.3 Å². The Hall–Kier alpha value is -2.64. The van der Waals surface area contributed by atoms with Crippen molar-refractivity contribution in [2.24, 2.45) is 5.11 Å². The van der Waals surface area contributed by atoms with Gasteiger partial charge in [0.05, 0.1) is 24.8 Å². The minimum absolute atomic E-state index is 0.0225. The lowest BCUT2D eigenvalue weighted by atomic mass is 10.1. The maximum Gasteiger partial charge on any atom is 0.337 e. The number of carbonyl (C=O) groups excluding carboxylic acids is 1. The summed E-state index contributed by atoms with van der Waals surface area (Å²) in [4.78, 5) is 13.7. The van der Waals surface area contributed by atoms with E-state index in [1.54, 1.807) is 0 Å². The average Bonchev–Trinajstić information content (AvgIpc) is 2.35. The highest BCUT2D eigenvalue weighted by molar-refractivity contribution is 5.90. The summed E-state index contributed by atoms with van der Waals surface area (Å²) in [6, 6.07) is 4.25. The highest BCUT2D eigenvalue weighted by atomic mass is 16.5. The van der Waals surface area contributed by atoms with Crippen molar-refractivity contribution in [2.75, 3.05) is 13.7 Å². The molecule has 6 nitrogen and oxygen atoms in total. The van der Waals surface area contributed by atoms with Crippen molar-refractivity contribution >= 4 is 5.97 Å². The molecule has 1 N–H and O–H groups in total.